The van der Waals surface area contributed by atoms with Gasteiger partial charge in [-0.15, -0.1) is 0 Å². The second kappa shape index (κ2) is 13.0. The Kier molecular flexibility index (Phi) is 7.41. The van der Waals surface area contributed by atoms with E-state index in [0.717, 1.165) is 69.5 Å². The zero-order chi connectivity index (χ0) is 38.3. The highest BCUT2D eigenvalue weighted by Gasteiger charge is 2.45. The van der Waals surface area contributed by atoms with E-state index in [1.807, 2.05) is 0 Å². The second-order valence-corrected chi connectivity index (χ2v) is 15.8. The number of fused-ring (bicyclic) bond motifs is 9. The Morgan fingerprint density at radius 3 is 1.98 bits per heavy atom. The van der Waals surface area contributed by atoms with Gasteiger partial charge in [0.15, 0.2) is 0 Å². The van der Waals surface area contributed by atoms with E-state index in [4.69, 9.17) is 9.98 Å². The molecule has 0 spiro atoms. The van der Waals surface area contributed by atoms with Crippen molar-refractivity contribution in [2.24, 2.45) is 4.99 Å². The summed E-state index contributed by atoms with van der Waals surface area (Å²) in [6.07, 6.45) is 2.29. The van der Waals surface area contributed by atoms with Gasteiger partial charge in [0, 0.05) is 48.4 Å². The van der Waals surface area contributed by atoms with Crippen molar-refractivity contribution < 1.29 is 0 Å². The molecule has 3 aliphatic heterocycles. The Bertz CT molecular complexity index is 3120. The molecule has 4 heterocycles. The van der Waals surface area contributed by atoms with Crippen LogP contribution in [-0.4, -0.2) is 38.8 Å². The minimum Gasteiger partial charge on any atom is -0.349 e. The highest BCUT2D eigenvalue weighted by molar-refractivity contribution is 6.11. The van der Waals surface area contributed by atoms with Crippen molar-refractivity contribution in [1.82, 2.24) is 19.4 Å². The standard InChI is InChI=1S/C53H39N5/c1-56-47(38-14-4-2-5-15-38)31-46(54-52(56)39-16-6-3-7-17-39)37-25-23-34(24-26-37)35-27-29-40(30-28-35)58-51-43-21-11-10-20-42(43)49-45(32-57-33-48(49)57)50(51)55-53(58)44-22-12-18-36-13-8-9-19-41(36)44/h2-31,47-48H,32-33H2,1H3. The van der Waals surface area contributed by atoms with Crippen LogP contribution in [0.25, 0.3) is 66.5 Å². The van der Waals surface area contributed by atoms with Crippen molar-refractivity contribution >= 4 is 44.1 Å². The molecule has 0 bridgehead atoms. The number of likely N-dealkylation sites (N-methyl/N-ethyl adjacent to an activating group) is 1. The van der Waals surface area contributed by atoms with Crippen LogP contribution in [0.2, 0.25) is 0 Å². The summed E-state index contributed by atoms with van der Waals surface area (Å²) in [6.45, 7) is 2.11. The smallest absolute Gasteiger partial charge is 0.146 e. The first kappa shape index (κ1) is 33.1. The van der Waals surface area contributed by atoms with Crippen molar-refractivity contribution in [1.29, 1.82) is 0 Å². The third-order valence-electron chi connectivity index (χ3n) is 12.5. The van der Waals surface area contributed by atoms with Gasteiger partial charge >= 0.3 is 0 Å². The van der Waals surface area contributed by atoms with Crippen molar-refractivity contribution in [3.8, 4) is 28.2 Å². The van der Waals surface area contributed by atoms with Crippen LogP contribution in [0.3, 0.4) is 0 Å². The predicted molar refractivity (Wildman–Crippen MR) is 238 cm³/mol. The Hall–Kier alpha value is -7.08. The van der Waals surface area contributed by atoms with Gasteiger partial charge in [0.1, 0.15) is 11.7 Å². The molecule has 12 rings (SSSR count). The Morgan fingerprint density at radius 2 is 1.21 bits per heavy atom. The molecule has 1 saturated heterocycles. The van der Waals surface area contributed by atoms with Crippen LogP contribution in [0.5, 0.6) is 0 Å². The molecule has 1 fully saturated rings. The van der Waals surface area contributed by atoms with Gasteiger partial charge in [-0.25, -0.2) is 9.98 Å². The Morgan fingerprint density at radius 1 is 0.569 bits per heavy atom. The molecule has 8 aromatic carbocycles. The van der Waals surface area contributed by atoms with Gasteiger partial charge in [0.25, 0.3) is 0 Å². The third kappa shape index (κ3) is 5.20. The maximum Gasteiger partial charge on any atom is 0.146 e. The second-order valence-electron chi connectivity index (χ2n) is 15.8. The van der Waals surface area contributed by atoms with Crippen LogP contribution in [0, 0.1) is 0 Å². The van der Waals surface area contributed by atoms with Gasteiger partial charge in [-0.1, -0.05) is 164 Å². The molecule has 5 heteroatoms. The molecule has 3 atom stereocenters. The van der Waals surface area contributed by atoms with Gasteiger partial charge in [0.2, 0.25) is 0 Å². The number of nitrogens with zero attached hydrogens (tertiary/aromatic N) is 5. The maximum absolute atomic E-state index is 5.59. The maximum atomic E-state index is 5.59. The fourth-order valence-corrected chi connectivity index (χ4v) is 9.56. The number of aliphatic imine (C=N–C) groups is 1. The Labute approximate surface area is 337 Å². The molecule has 0 N–H and O–H groups in total. The predicted octanol–water partition coefficient (Wildman–Crippen LogP) is 12.0. The van der Waals surface area contributed by atoms with Gasteiger partial charge in [-0.3, -0.25) is 9.47 Å². The average Bonchev–Trinajstić information content (AvgIpc) is 3.77. The highest BCUT2D eigenvalue weighted by atomic mass is 15.3. The molecule has 0 radical (unpaired) electrons. The summed E-state index contributed by atoms with van der Waals surface area (Å²) < 4.78 is 2.42. The van der Waals surface area contributed by atoms with Gasteiger partial charge in [-0.2, -0.15) is 0 Å². The number of hydrogen-bond acceptors (Lipinski definition) is 4. The van der Waals surface area contributed by atoms with Crippen molar-refractivity contribution in [3.63, 3.8) is 0 Å². The minimum atomic E-state index is 0.0653. The summed E-state index contributed by atoms with van der Waals surface area (Å²) in [5, 5.41) is 5.04. The lowest BCUT2D eigenvalue weighted by atomic mass is 9.96. The SMILES string of the molecule is CN1C(c2ccccc2)=NC(c2ccc(-c3ccc(-n4c(-c5cccc6ccccc56)nc5c6c(c7ccccc7c54)C4CN4C6)cc3)cc2)=CC1c1ccccc1. The molecule has 0 saturated carbocycles. The quantitative estimate of drug-likeness (QED) is 0.159. The molecular weight excluding hydrogens is 707 g/mol. The van der Waals surface area contributed by atoms with Crippen LogP contribution in [0.1, 0.15) is 39.9 Å². The highest BCUT2D eigenvalue weighted by Crippen LogP contribution is 2.52. The van der Waals surface area contributed by atoms with Gasteiger partial charge in [-0.05, 0) is 67.7 Å². The first-order valence-electron chi connectivity index (χ1n) is 20.2. The largest absolute Gasteiger partial charge is 0.349 e. The van der Waals surface area contributed by atoms with E-state index in [9.17, 15) is 0 Å². The summed E-state index contributed by atoms with van der Waals surface area (Å²) in [6, 6.07) is 63.9. The molecule has 3 unspecified atom stereocenters. The van der Waals surface area contributed by atoms with E-state index in [-0.39, 0.29) is 6.04 Å². The van der Waals surface area contributed by atoms with E-state index >= 15 is 0 Å². The summed E-state index contributed by atoms with van der Waals surface area (Å²) in [5.74, 6) is 1.95. The van der Waals surface area contributed by atoms with Gasteiger partial charge in [0.05, 0.1) is 22.8 Å². The van der Waals surface area contributed by atoms with Crippen molar-refractivity contribution in [3.05, 3.63) is 210 Å². The van der Waals surface area contributed by atoms with Gasteiger partial charge < -0.3 is 4.90 Å². The monoisotopic (exact) mass is 745 g/mol. The number of rotatable bonds is 6. The lowest BCUT2D eigenvalue weighted by molar-refractivity contribution is 0.435. The minimum absolute atomic E-state index is 0.0653. The number of benzene rings is 8. The van der Waals surface area contributed by atoms with E-state index in [2.05, 4.69) is 203 Å². The van der Waals surface area contributed by atoms with Crippen molar-refractivity contribution in [2.75, 3.05) is 13.6 Å². The fourth-order valence-electron chi connectivity index (χ4n) is 9.56. The number of hydrogen-bond donors (Lipinski definition) is 0. The first-order chi connectivity index (χ1) is 28.7. The van der Waals surface area contributed by atoms with E-state index in [1.165, 1.54) is 43.8 Å². The molecule has 58 heavy (non-hydrogen) atoms. The lowest BCUT2D eigenvalue weighted by Crippen LogP contribution is -2.33. The molecular formula is C53H39N5. The third-order valence-corrected chi connectivity index (χ3v) is 12.5. The molecule has 276 valence electrons. The average molecular weight is 746 g/mol. The normalized spacial score (nSPS) is 18.3. The molecule has 0 amide bonds. The van der Waals surface area contributed by atoms with E-state index < -0.39 is 0 Å². The van der Waals surface area contributed by atoms with E-state index in [1.54, 1.807) is 0 Å². The summed E-state index contributed by atoms with van der Waals surface area (Å²) in [5.41, 5.74) is 14.2. The fraction of sp³-hybridized carbons (Fsp3) is 0.0943. The molecule has 9 aromatic rings. The summed E-state index contributed by atoms with van der Waals surface area (Å²) >= 11 is 0. The van der Waals surface area contributed by atoms with Crippen LogP contribution in [0.4, 0.5) is 0 Å². The van der Waals surface area contributed by atoms with Crippen LogP contribution >= 0.6 is 0 Å². The molecule has 0 aliphatic carbocycles. The molecule has 1 aromatic heterocycles. The number of aromatic nitrogens is 2. The van der Waals surface area contributed by atoms with Crippen LogP contribution < -0.4 is 0 Å². The Balaban J connectivity index is 0.959. The topological polar surface area (TPSA) is 36.4 Å². The summed E-state index contributed by atoms with van der Waals surface area (Å²) in [7, 11) is 2.14. The van der Waals surface area contributed by atoms with E-state index in [0.29, 0.717) is 6.04 Å². The zero-order valence-corrected chi connectivity index (χ0v) is 32.1. The lowest BCUT2D eigenvalue weighted by Gasteiger charge is -2.33. The zero-order valence-electron chi connectivity index (χ0n) is 32.1. The van der Waals surface area contributed by atoms with Crippen LogP contribution in [0.15, 0.2) is 187 Å². The molecule has 3 aliphatic rings. The first-order valence-corrected chi connectivity index (χ1v) is 20.2. The van der Waals surface area contributed by atoms with Crippen molar-refractivity contribution in [2.45, 2.75) is 18.6 Å². The number of imidazole rings is 1. The number of amidine groups is 1. The van der Waals surface area contributed by atoms with Crippen LogP contribution in [-0.2, 0) is 6.54 Å². The molecule has 5 nitrogen and oxygen atoms in total. The summed E-state index contributed by atoms with van der Waals surface area (Å²) in [4.78, 5) is 15.7.